The van der Waals surface area contributed by atoms with Gasteiger partial charge in [0, 0.05) is 12.1 Å². The van der Waals surface area contributed by atoms with Crippen molar-refractivity contribution < 1.29 is 4.79 Å². The zero-order valence-electron chi connectivity index (χ0n) is 8.71. The van der Waals surface area contributed by atoms with E-state index in [1.54, 1.807) is 0 Å². The maximum absolute atomic E-state index is 11.7. The van der Waals surface area contributed by atoms with Gasteiger partial charge in [-0.1, -0.05) is 0 Å². The van der Waals surface area contributed by atoms with E-state index in [-0.39, 0.29) is 23.9 Å². The van der Waals surface area contributed by atoms with Crippen LogP contribution < -0.4 is 10.6 Å². The van der Waals surface area contributed by atoms with Crippen molar-refractivity contribution in [3.63, 3.8) is 0 Å². The number of rotatable bonds is 3. The first kappa shape index (κ1) is 11.0. The number of nitriles is 1. The van der Waals surface area contributed by atoms with Crippen LogP contribution in [0.25, 0.3) is 0 Å². The first-order valence-electron chi connectivity index (χ1n) is 5.06. The predicted octanol–water partition coefficient (Wildman–Crippen LogP) is 0.403. The molecule has 0 radical (unpaired) electrons. The summed E-state index contributed by atoms with van der Waals surface area (Å²) in [6, 6.07) is 2.26. The summed E-state index contributed by atoms with van der Waals surface area (Å²) in [6.45, 7) is 4.78. The van der Waals surface area contributed by atoms with Gasteiger partial charge < -0.3 is 10.6 Å². The molecule has 1 rings (SSSR count). The van der Waals surface area contributed by atoms with Gasteiger partial charge in [-0.25, -0.2) is 0 Å². The average Bonchev–Trinajstić information content (AvgIpc) is 2.51. The molecule has 0 bridgehead atoms. The van der Waals surface area contributed by atoms with Crippen molar-refractivity contribution in [2.75, 3.05) is 6.54 Å². The smallest absolute Gasteiger partial charge is 0.224 e. The Labute approximate surface area is 84.7 Å². The van der Waals surface area contributed by atoms with Crippen molar-refractivity contribution in [1.82, 2.24) is 10.6 Å². The fourth-order valence-corrected chi connectivity index (χ4v) is 1.75. The molecular formula is C10H17N3O. The van der Waals surface area contributed by atoms with Crippen LogP contribution in [0.1, 0.15) is 26.7 Å². The lowest BCUT2D eigenvalue weighted by atomic mass is 10.0. The van der Waals surface area contributed by atoms with E-state index in [0.717, 1.165) is 13.0 Å². The summed E-state index contributed by atoms with van der Waals surface area (Å²) < 4.78 is 0. The molecule has 0 saturated carbocycles. The second-order valence-electron chi connectivity index (χ2n) is 3.91. The summed E-state index contributed by atoms with van der Waals surface area (Å²) in [6.07, 6.45) is 1.27. The van der Waals surface area contributed by atoms with Crippen LogP contribution in [0.15, 0.2) is 0 Å². The Kier molecular flexibility index (Phi) is 3.90. The summed E-state index contributed by atoms with van der Waals surface area (Å²) in [5.74, 6) is 0.140. The normalized spacial score (nSPS) is 28.1. The second-order valence-corrected chi connectivity index (χ2v) is 3.91. The molecule has 4 nitrogen and oxygen atoms in total. The average molecular weight is 195 g/mol. The predicted molar refractivity (Wildman–Crippen MR) is 53.4 cm³/mol. The lowest BCUT2D eigenvalue weighted by Crippen LogP contribution is -2.40. The van der Waals surface area contributed by atoms with E-state index in [4.69, 9.17) is 5.26 Å². The fraction of sp³-hybridized carbons (Fsp3) is 0.800. The van der Waals surface area contributed by atoms with Crippen molar-refractivity contribution in [2.45, 2.75) is 38.8 Å². The third-order valence-corrected chi connectivity index (χ3v) is 2.65. The molecule has 1 heterocycles. The van der Waals surface area contributed by atoms with E-state index in [0.29, 0.717) is 6.42 Å². The van der Waals surface area contributed by atoms with Gasteiger partial charge in [0.25, 0.3) is 0 Å². The minimum Gasteiger partial charge on any atom is -0.352 e. The summed E-state index contributed by atoms with van der Waals surface area (Å²) in [7, 11) is 0. The van der Waals surface area contributed by atoms with Gasteiger partial charge in [0.2, 0.25) is 5.91 Å². The molecule has 78 valence electrons. The molecule has 0 aromatic carbocycles. The van der Waals surface area contributed by atoms with Crippen LogP contribution >= 0.6 is 0 Å². The van der Waals surface area contributed by atoms with E-state index in [2.05, 4.69) is 10.6 Å². The highest BCUT2D eigenvalue weighted by molar-refractivity contribution is 5.80. The maximum atomic E-state index is 11.7. The van der Waals surface area contributed by atoms with Crippen LogP contribution in [0.3, 0.4) is 0 Å². The molecule has 0 aromatic heterocycles. The van der Waals surface area contributed by atoms with Gasteiger partial charge in [0.05, 0.1) is 18.4 Å². The number of hydrogen-bond donors (Lipinski definition) is 2. The van der Waals surface area contributed by atoms with E-state index in [9.17, 15) is 4.79 Å². The van der Waals surface area contributed by atoms with E-state index in [1.807, 2.05) is 19.9 Å². The molecule has 1 amide bonds. The van der Waals surface area contributed by atoms with Crippen molar-refractivity contribution in [3.05, 3.63) is 0 Å². The van der Waals surface area contributed by atoms with Gasteiger partial charge in [0.1, 0.15) is 0 Å². The van der Waals surface area contributed by atoms with Crippen molar-refractivity contribution >= 4 is 5.91 Å². The van der Waals surface area contributed by atoms with Gasteiger partial charge >= 0.3 is 0 Å². The van der Waals surface area contributed by atoms with Gasteiger partial charge in [-0.05, 0) is 26.8 Å². The highest BCUT2D eigenvalue weighted by atomic mass is 16.2. The van der Waals surface area contributed by atoms with Gasteiger partial charge in [-0.15, -0.1) is 0 Å². The second kappa shape index (κ2) is 4.97. The number of hydrogen-bond acceptors (Lipinski definition) is 3. The Morgan fingerprint density at radius 3 is 3.00 bits per heavy atom. The highest BCUT2D eigenvalue weighted by Crippen LogP contribution is 2.15. The maximum Gasteiger partial charge on any atom is 0.224 e. The van der Waals surface area contributed by atoms with Crippen molar-refractivity contribution in [1.29, 1.82) is 5.26 Å². The summed E-state index contributed by atoms with van der Waals surface area (Å²) in [4.78, 5) is 11.7. The molecule has 1 aliphatic rings. The van der Waals surface area contributed by atoms with Gasteiger partial charge in [0.15, 0.2) is 0 Å². The summed E-state index contributed by atoms with van der Waals surface area (Å²) in [5.41, 5.74) is 0. The quantitative estimate of drug-likeness (QED) is 0.685. The molecular weight excluding hydrogens is 178 g/mol. The topological polar surface area (TPSA) is 64.9 Å². The summed E-state index contributed by atoms with van der Waals surface area (Å²) in [5, 5.41) is 14.5. The standard InChI is InChI=1S/C10H17N3O/c1-7(3-5-11)13-10(14)9-4-6-12-8(9)2/h7-9,12H,3-4,6H2,1-2H3,(H,13,14). The molecule has 4 heteroatoms. The highest BCUT2D eigenvalue weighted by Gasteiger charge is 2.29. The number of amides is 1. The van der Waals surface area contributed by atoms with Crippen LogP contribution in [0.2, 0.25) is 0 Å². The molecule has 1 aliphatic heterocycles. The SMILES string of the molecule is CC(CC#N)NC(=O)C1CCNC1C. The number of carbonyl (C=O) groups excluding carboxylic acids is 1. The summed E-state index contributed by atoms with van der Waals surface area (Å²) >= 11 is 0. The molecule has 0 spiro atoms. The number of nitrogens with one attached hydrogen (secondary N) is 2. The Bertz CT molecular complexity index is 246. The Morgan fingerprint density at radius 2 is 2.50 bits per heavy atom. The molecule has 14 heavy (non-hydrogen) atoms. The molecule has 0 aromatic rings. The first-order valence-corrected chi connectivity index (χ1v) is 5.06. The van der Waals surface area contributed by atoms with Crippen LogP contribution in [0.5, 0.6) is 0 Å². The van der Waals surface area contributed by atoms with Crippen molar-refractivity contribution in [2.24, 2.45) is 5.92 Å². The van der Waals surface area contributed by atoms with E-state index in [1.165, 1.54) is 0 Å². The largest absolute Gasteiger partial charge is 0.352 e. The molecule has 0 aliphatic carbocycles. The minimum atomic E-state index is -0.0414. The van der Waals surface area contributed by atoms with Crippen LogP contribution in [-0.4, -0.2) is 24.5 Å². The zero-order valence-corrected chi connectivity index (χ0v) is 8.71. The molecule has 3 atom stereocenters. The van der Waals surface area contributed by atoms with Gasteiger partial charge in [-0.2, -0.15) is 5.26 Å². The number of nitrogens with zero attached hydrogens (tertiary/aromatic N) is 1. The number of carbonyl (C=O) groups is 1. The Hall–Kier alpha value is -1.08. The molecule has 1 saturated heterocycles. The lowest BCUT2D eigenvalue weighted by Gasteiger charge is -2.17. The molecule has 1 fully saturated rings. The minimum absolute atomic E-state index is 0.0414. The fourth-order valence-electron chi connectivity index (χ4n) is 1.75. The third-order valence-electron chi connectivity index (χ3n) is 2.65. The van der Waals surface area contributed by atoms with Crippen LogP contribution in [0.4, 0.5) is 0 Å². The first-order chi connectivity index (χ1) is 6.65. The van der Waals surface area contributed by atoms with Crippen molar-refractivity contribution in [3.8, 4) is 6.07 Å². The molecule has 2 N–H and O–H groups in total. The van der Waals surface area contributed by atoms with Gasteiger partial charge in [-0.3, -0.25) is 4.79 Å². The Balaban J connectivity index is 2.38. The lowest BCUT2D eigenvalue weighted by molar-refractivity contribution is -0.125. The van der Waals surface area contributed by atoms with E-state index >= 15 is 0 Å². The zero-order chi connectivity index (χ0) is 10.6. The van der Waals surface area contributed by atoms with Crippen LogP contribution in [0, 0.1) is 17.2 Å². The van der Waals surface area contributed by atoms with Crippen LogP contribution in [-0.2, 0) is 4.79 Å². The van der Waals surface area contributed by atoms with E-state index < -0.39 is 0 Å². The third kappa shape index (κ3) is 2.71. The Morgan fingerprint density at radius 1 is 1.79 bits per heavy atom. The molecule has 3 unspecified atom stereocenters. The monoisotopic (exact) mass is 195 g/mol.